The van der Waals surface area contributed by atoms with Gasteiger partial charge in [0.05, 0.1) is 0 Å². The molecule has 0 radical (unpaired) electrons. The summed E-state index contributed by atoms with van der Waals surface area (Å²) in [4.78, 5) is 0. The van der Waals surface area contributed by atoms with Crippen molar-refractivity contribution < 1.29 is 9.47 Å². The Morgan fingerprint density at radius 2 is 1.78 bits per heavy atom. The second-order valence-electron chi connectivity index (χ2n) is 3.64. The molecular formula is C13H19BrN2O2. The van der Waals surface area contributed by atoms with Gasteiger partial charge in [0.2, 0.25) is 6.29 Å². The smallest absolute Gasteiger partial charge is 0.216 e. The van der Waals surface area contributed by atoms with Gasteiger partial charge >= 0.3 is 0 Å². The number of hydrogen-bond donors (Lipinski definition) is 2. The lowest BCUT2D eigenvalue weighted by atomic mass is 10.2. The first-order valence-electron chi connectivity index (χ1n) is 5.97. The fraction of sp³-hybridized carbons (Fsp3) is 0.462. The highest BCUT2D eigenvalue weighted by Crippen LogP contribution is 2.10. The van der Waals surface area contributed by atoms with Crippen molar-refractivity contribution in [1.29, 1.82) is 5.41 Å². The molecule has 1 aromatic rings. The van der Waals surface area contributed by atoms with E-state index in [0.717, 1.165) is 10.0 Å². The summed E-state index contributed by atoms with van der Waals surface area (Å²) in [7, 11) is 0. The zero-order valence-corrected chi connectivity index (χ0v) is 12.3. The van der Waals surface area contributed by atoms with Gasteiger partial charge in [-0.3, -0.25) is 5.41 Å². The van der Waals surface area contributed by atoms with Crippen molar-refractivity contribution >= 4 is 21.8 Å². The summed E-state index contributed by atoms with van der Waals surface area (Å²) in [5.41, 5.74) is 1.11. The first-order valence-corrected chi connectivity index (χ1v) is 6.76. The van der Waals surface area contributed by atoms with E-state index in [1.165, 1.54) is 0 Å². The quantitative estimate of drug-likeness (QED) is 0.462. The van der Waals surface area contributed by atoms with E-state index in [4.69, 9.17) is 14.9 Å². The number of hydrogen-bond acceptors (Lipinski definition) is 3. The molecule has 1 aromatic carbocycles. The van der Waals surface area contributed by atoms with Crippen molar-refractivity contribution in [3.8, 4) is 0 Å². The molecule has 0 atom stereocenters. The highest BCUT2D eigenvalue weighted by Gasteiger charge is 2.14. The van der Waals surface area contributed by atoms with Crippen LogP contribution < -0.4 is 5.32 Å². The Bertz CT molecular complexity index is 362. The van der Waals surface area contributed by atoms with E-state index in [1.54, 1.807) is 0 Å². The zero-order valence-electron chi connectivity index (χ0n) is 10.7. The monoisotopic (exact) mass is 314 g/mol. The largest absolute Gasteiger partial charge is 0.366 e. The van der Waals surface area contributed by atoms with E-state index in [2.05, 4.69) is 21.2 Å². The van der Waals surface area contributed by atoms with E-state index in [9.17, 15) is 0 Å². The van der Waals surface area contributed by atoms with Gasteiger partial charge in [-0.2, -0.15) is 0 Å². The average Bonchev–Trinajstić information content (AvgIpc) is 2.37. The molecule has 0 aliphatic carbocycles. The average molecular weight is 315 g/mol. The summed E-state index contributed by atoms with van der Waals surface area (Å²) in [6.45, 7) is 5.39. The molecule has 0 saturated heterocycles. The Balaban J connectivity index is 2.45. The van der Waals surface area contributed by atoms with Gasteiger partial charge in [-0.05, 0) is 31.5 Å². The summed E-state index contributed by atoms with van der Waals surface area (Å²) in [6, 6.07) is 7.95. The van der Waals surface area contributed by atoms with Crippen LogP contribution in [0.2, 0.25) is 0 Å². The maximum absolute atomic E-state index is 7.87. The molecular weight excluding hydrogens is 296 g/mol. The highest BCUT2D eigenvalue weighted by molar-refractivity contribution is 9.10. The molecule has 0 unspecified atom stereocenters. The third-order valence-electron chi connectivity index (χ3n) is 2.27. The molecule has 0 heterocycles. The predicted molar refractivity (Wildman–Crippen MR) is 75.7 cm³/mol. The minimum atomic E-state index is -0.601. The van der Waals surface area contributed by atoms with Crippen LogP contribution in [0.3, 0.4) is 0 Å². The molecule has 0 amide bonds. The van der Waals surface area contributed by atoms with Gasteiger partial charge in [-0.15, -0.1) is 0 Å². The van der Waals surface area contributed by atoms with Crippen molar-refractivity contribution in [1.82, 2.24) is 5.32 Å². The number of amidine groups is 1. The topological polar surface area (TPSA) is 54.3 Å². The van der Waals surface area contributed by atoms with Crippen molar-refractivity contribution in [2.45, 2.75) is 26.7 Å². The standard InChI is InChI=1S/C13H19BrN2O2/c1-3-17-13(18-4-2)12(15)16-9-10-5-7-11(14)8-6-10/h5-8,13H,3-4,9H2,1-2H3,(H2,15,16). The first-order chi connectivity index (χ1) is 8.67. The van der Waals surface area contributed by atoms with Gasteiger partial charge in [0.1, 0.15) is 0 Å². The van der Waals surface area contributed by atoms with Crippen LogP contribution in [0.25, 0.3) is 0 Å². The van der Waals surface area contributed by atoms with Gasteiger partial charge in [-0.25, -0.2) is 0 Å². The minimum Gasteiger partial charge on any atom is -0.366 e. The molecule has 1 rings (SSSR count). The van der Waals surface area contributed by atoms with Crippen molar-refractivity contribution in [3.63, 3.8) is 0 Å². The minimum absolute atomic E-state index is 0.251. The molecule has 5 heteroatoms. The van der Waals surface area contributed by atoms with Crippen LogP contribution >= 0.6 is 15.9 Å². The maximum atomic E-state index is 7.87. The molecule has 0 aliphatic rings. The lowest BCUT2D eigenvalue weighted by molar-refractivity contribution is -0.0923. The number of benzene rings is 1. The summed E-state index contributed by atoms with van der Waals surface area (Å²) < 4.78 is 11.7. The highest BCUT2D eigenvalue weighted by atomic mass is 79.9. The van der Waals surface area contributed by atoms with Crippen molar-refractivity contribution in [2.75, 3.05) is 13.2 Å². The van der Waals surface area contributed by atoms with Crippen LogP contribution in [0.1, 0.15) is 19.4 Å². The lowest BCUT2D eigenvalue weighted by Crippen LogP contribution is -2.37. The van der Waals surface area contributed by atoms with Crippen LogP contribution in [-0.4, -0.2) is 25.3 Å². The molecule has 2 N–H and O–H groups in total. The normalized spacial score (nSPS) is 10.7. The van der Waals surface area contributed by atoms with Crippen molar-refractivity contribution in [3.05, 3.63) is 34.3 Å². The van der Waals surface area contributed by atoms with E-state index in [0.29, 0.717) is 19.8 Å². The second kappa shape index (κ2) is 8.24. The SMILES string of the molecule is CCOC(OCC)C(=N)NCc1ccc(Br)cc1. The Morgan fingerprint density at radius 3 is 2.28 bits per heavy atom. The molecule has 0 aliphatic heterocycles. The van der Waals surface area contributed by atoms with Gasteiger partial charge < -0.3 is 14.8 Å². The lowest BCUT2D eigenvalue weighted by Gasteiger charge is -2.18. The van der Waals surface area contributed by atoms with Crippen LogP contribution in [-0.2, 0) is 16.0 Å². The van der Waals surface area contributed by atoms with Crippen LogP contribution in [0.4, 0.5) is 0 Å². The number of ether oxygens (including phenoxy) is 2. The van der Waals surface area contributed by atoms with Crippen molar-refractivity contribution in [2.24, 2.45) is 0 Å². The molecule has 0 bridgehead atoms. The third kappa shape index (κ3) is 5.16. The van der Waals surface area contributed by atoms with Gasteiger partial charge in [0.25, 0.3) is 0 Å². The summed E-state index contributed by atoms with van der Waals surface area (Å²) in [6.07, 6.45) is -0.601. The number of nitrogens with one attached hydrogen (secondary N) is 2. The molecule has 0 fully saturated rings. The second-order valence-corrected chi connectivity index (χ2v) is 4.55. The fourth-order valence-electron chi connectivity index (χ4n) is 1.40. The van der Waals surface area contributed by atoms with Gasteiger partial charge in [0, 0.05) is 24.2 Å². The van der Waals surface area contributed by atoms with Gasteiger partial charge in [-0.1, -0.05) is 28.1 Å². The molecule has 4 nitrogen and oxygen atoms in total. The molecule has 100 valence electrons. The first kappa shape index (κ1) is 15.1. The van der Waals surface area contributed by atoms with E-state index < -0.39 is 6.29 Å². The van der Waals surface area contributed by atoms with E-state index in [1.807, 2.05) is 38.1 Å². The molecule has 0 aromatic heterocycles. The van der Waals surface area contributed by atoms with Crippen LogP contribution in [0.15, 0.2) is 28.7 Å². The Morgan fingerprint density at radius 1 is 1.22 bits per heavy atom. The summed E-state index contributed by atoms with van der Waals surface area (Å²) in [5.74, 6) is 0.251. The maximum Gasteiger partial charge on any atom is 0.216 e. The summed E-state index contributed by atoms with van der Waals surface area (Å²) >= 11 is 3.39. The Hall–Kier alpha value is -0.910. The van der Waals surface area contributed by atoms with Crippen LogP contribution in [0, 0.1) is 5.41 Å². The molecule has 0 saturated carbocycles. The predicted octanol–water partition coefficient (Wildman–Crippen LogP) is 2.92. The Labute approximate surface area is 116 Å². The number of halogens is 1. The molecule has 0 spiro atoms. The van der Waals surface area contributed by atoms with Crippen LogP contribution in [0.5, 0.6) is 0 Å². The number of rotatable bonds is 7. The van der Waals surface area contributed by atoms with E-state index >= 15 is 0 Å². The third-order valence-corrected chi connectivity index (χ3v) is 2.80. The van der Waals surface area contributed by atoms with Gasteiger partial charge in [0.15, 0.2) is 5.84 Å². The fourth-order valence-corrected chi connectivity index (χ4v) is 1.66. The van der Waals surface area contributed by atoms with E-state index in [-0.39, 0.29) is 5.84 Å². The molecule has 18 heavy (non-hydrogen) atoms. The zero-order chi connectivity index (χ0) is 13.4. The summed E-state index contributed by atoms with van der Waals surface area (Å²) in [5, 5.41) is 10.9. The Kier molecular flexibility index (Phi) is 6.93.